The number of fused-ring (bicyclic) bond motifs is 1. The molecule has 72 valence electrons. The monoisotopic (exact) mass is 209 g/mol. The van der Waals surface area contributed by atoms with E-state index >= 15 is 0 Å². The first kappa shape index (κ1) is 9.11. The van der Waals surface area contributed by atoms with Crippen LogP contribution in [0.25, 0.3) is 10.8 Å². The van der Waals surface area contributed by atoms with Gasteiger partial charge < -0.3 is 0 Å². The molecule has 0 bridgehead atoms. The van der Waals surface area contributed by atoms with Gasteiger partial charge in [0.25, 0.3) is 0 Å². The minimum Gasteiger partial charge on any atom is -0.281 e. The van der Waals surface area contributed by atoms with Crippen molar-refractivity contribution in [2.24, 2.45) is 0 Å². The van der Waals surface area contributed by atoms with E-state index in [-0.39, 0.29) is 5.03 Å². The third-order valence-electron chi connectivity index (χ3n) is 1.87. The topological polar surface area (TPSA) is 67.3 Å². The number of aromatic nitrogens is 1. The van der Waals surface area contributed by atoms with E-state index in [9.17, 15) is 8.42 Å². The van der Waals surface area contributed by atoms with Crippen molar-refractivity contribution < 1.29 is 13.0 Å². The molecule has 1 aromatic heterocycles. The van der Waals surface area contributed by atoms with Gasteiger partial charge in [-0.15, -0.1) is 0 Å². The van der Waals surface area contributed by atoms with E-state index in [0.29, 0.717) is 0 Å². The fraction of sp³-hybridized carbons (Fsp3) is 0. The van der Waals surface area contributed by atoms with Gasteiger partial charge in [0.05, 0.1) is 0 Å². The highest BCUT2D eigenvalue weighted by Gasteiger charge is 2.10. The fourth-order valence-corrected chi connectivity index (χ4v) is 1.67. The molecular weight excluding hydrogens is 202 g/mol. The predicted molar refractivity (Wildman–Crippen MR) is 51.6 cm³/mol. The van der Waals surface area contributed by atoms with E-state index in [2.05, 4.69) is 4.98 Å². The van der Waals surface area contributed by atoms with Gasteiger partial charge in [-0.05, 0) is 11.5 Å². The molecule has 0 saturated carbocycles. The first-order valence-corrected chi connectivity index (χ1v) is 5.34. The Labute approximate surface area is 81.0 Å². The second-order valence-electron chi connectivity index (χ2n) is 2.84. The van der Waals surface area contributed by atoms with Crippen molar-refractivity contribution in [3.8, 4) is 0 Å². The molecule has 0 aliphatic rings. The van der Waals surface area contributed by atoms with Crippen LogP contribution in [0.2, 0.25) is 0 Å². The second kappa shape index (κ2) is 3.04. The molecule has 1 N–H and O–H groups in total. The molecule has 0 atom stereocenters. The van der Waals surface area contributed by atoms with E-state index in [1.54, 1.807) is 12.1 Å². The highest BCUT2D eigenvalue weighted by molar-refractivity contribution is 7.85. The number of nitrogens with zero attached hydrogens (tertiary/aromatic N) is 1. The molecule has 0 radical (unpaired) electrons. The first-order chi connectivity index (χ1) is 6.57. The van der Waals surface area contributed by atoms with Gasteiger partial charge in [-0.25, -0.2) is 4.98 Å². The van der Waals surface area contributed by atoms with Crippen molar-refractivity contribution in [3.63, 3.8) is 0 Å². The second-order valence-corrected chi connectivity index (χ2v) is 4.21. The number of benzene rings is 1. The van der Waals surface area contributed by atoms with Crippen LogP contribution in [0.3, 0.4) is 0 Å². The molecule has 0 spiro atoms. The number of rotatable bonds is 1. The van der Waals surface area contributed by atoms with Gasteiger partial charge in [0.15, 0.2) is 5.03 Å². The molecule has 4 nitrogen and oxygen atoms in total. The summed E-state index contributed by atoms with van der Waals surface area (Å²) in [6.07, 6.45) is 1.42. The molecule has 0 aliphatic heterocycles. The maximum absolute atomic E-state index is 10.8. The third kappa shape index (κ3) is 1.59. The van der Waals surface area contributed by atoms with Gasteiger partial charge in [0, 0.05) is 11.6 Å². The highest BCUT2D eigenvalue weighted by Crippen LogP contribution is 2.15. The molecule has 0 unspecified atom stereocenters. The average molecular weight is 209 g/mol. The lowest BCUT2D eigenvalue weighted by Crippen LogP contribution is -2.00. The molecule has 0 amide bonds. The SMILES string of the molecule is O=S(=O)(O)c1cc2ccccc2cn1. The number of hydrogen-bond donors (Lipinski definition) is 1. The zero-order valence-electron chi connectivity index (χ0n) is 7.08. The van der Waals surface area contributed by atoms with Crippen LogP contribution < -0.4 is 0 Å². The number of hydrogen-bond acceptors (Lipinski definition) is 3. The summed E-state index contributed by atoms with van der Waals surface area (Å²) in [4.78, 5) is 3.64. The average Bonchev–Trinajstić information content (AvgIpc) is 2.16. The van der Waals surface area contributed by atoms with Crippen molar-refractivity contribution >= 4 is 20.9 Å². The summed E-state index contributed by atoms with van der Waals surface area (Å²) < 4.78 is 30.3. The van der Waals surface area contributed by atoms with Crippen LogP contribution in [0, 0.1) is 0 Å². The van der Waals surface area contributed by atoms with Crippen LogP contribution >= 0.6 is 0 Å². The summed E-state index contributed by atoms with van der Waals surface area (Å²) >= 11 is 0. The van der Waals surface area contributed by atoms with Crippen LogP contribution in [-0.4, -0.2) is 18.0 Å². The Bertz CT molecular complexity index is 577. The summed E-state index contributed by atoms with van der Waals surface area (Å²) in [6, 6.07) is 8.53. The Balaban J connectivity index is 2.75. The molecule has 2 rings (SSSR count). The summed E-state index contributed by atoms with van der Waals surface area (Å²) in [6.45, 7) is 0. The fourth-order valence-electron chi connectivity index (χ4n) is 1.20. The molecular formula is C9H7NO3S. The lowest BCUT2D eigenvalue weighted by molar-refractivity contribution is 0.479. The van der Waals surface area contributed by atoms with Crippen molar-refractivity contribution in [1.82, 2.24) is 4.98 Å². The molecule has 0 aliphatic carbocycles. The van der Waals surface area contributed by atoms with Crippen LogP contribution in [-0.2, 0) is 10.1 Å². The van der Waals surface area contributed by atoms with Crippen LogP contribution in [0.15, 0.2) is 41.6 Å². The summed E-state index contributed by atoms with van der Waals surface area (Å²) in [7, 11) is -4.21. The Morgan fingerprint density at radius 1 is 1.14 bits per heavy atom. The van der Waals surface area contributed by atoms with E-state index in [4.69, 9.17) is 4.55 Å². The highest BCUT2D eigenvalue weighted by atomic mass is 32.2. The Kier molecular flexibility index (Phi) is 1.98. The van der Waals surface area contributed by atoms with Crippen molar-refractivity contribution in [2.75, 3.05) is 0 Å². The smallest absolute Gasteiger partial charge is 0.281 e. The quantitative estimate of drug-likeness (QED) is 0.722. The standard InChI is InChI=1S/C9H7NO3S/c11-14(12,13)9-5-7-3-1-2-4-8(7)6-10-9/h1-6H,(H,11,12,13). The van der Waals surface area contributed by atoms with Crippen molar-refractivity contribution in [3.05, 3.63) is 36.5 Å². The van der Waals surface area contributed by atoms with Crippen LogP contribution in [0.1, 0.15) is 0 Å². The zero-order valence-corrected chi connectivity index (χ0v) is 7.90. The molecule has 1 aromatic carbocycles. The number of pyridine rings is 1. The van der Waals surface area contributed by atoms with Gasteiger partial charge in [-0.2, -0.15) is 8.42 Å². The van der Waals surface area contributed by atoms with Gasteiger partial charge in [0.2, 0.25) is 0 Å². The molecule has 0 saturated heterocycles. The van der Waals surface area contributed by atoms with Gasteiger partial charge in [0.1, 0.15) is 0 Å². The molecule has 1 heterocycles. The lowest BCUT2D eigenvalue weighted by atomic mass is 10.2. The lowest BCUT2D eigenvalue weighted by Gasteiger charge is -1.98. The van der Waals surface area contributed by atoms with E-state index in [1.807, 2.05) is 12.1 Å². The van der Waals surface area contributed by atoms with E-state index in [1.165, 1.54) is 12.3 Å². The Morgan fingerprint density at radius 3 is 2.43 bits per heavy atom. The Hall–Kier alpha value is -1.46. The minimum atomic E-state index is -4.21. The molecule has 14 heavy (non-hydrogen) atoms. The van der Waals surface area contributed by atoms with Crippen LogP contribution in [0.4, 0.5) is 0 Å². The van der Waals surface area contributed by atoms with Gasteiger partial charge in [-0.3, -0.25) is 4.55 Å². The molecule has 0 fully saturated rings. The van der Waals surface area contributed by atoms with E-state index in [0.717, 1.165) is 10.8 Å². The summed E-state index contributed by atoms with van der Waals surface area (Å²) in [5.41, 5.74) is 0. The molecule has 2 aromatic rings. The largest absolute Gasteiger partial charge is 0.312 e. The predicted octanol–water partition coefficient (Wildman–Crippen LogP) is 1.48. The summed E-state index contributed by atoms with van der Waals surface area (Å²) in [5, 5.41) is 1.24. The first-order valence-electron chi connectivity index (χ1n) is 3.90. The van der Waals surface area contributed by atoms with Crippen LogP contribution in [0.5, 0.6) is 0 Å². The van der Waals surface area contributed by atoms with Gasteiger partial charge in [-0.1, -0.05) is 24.3 Å². The Morgan fingerprint density at radius 2 is 1.79 bits per heavy atom. The van der Waals surface area contributed by atoms with E-state index < -0.39 is 10.1 Å². The third-order valence-corrected chi connectivity index (χ3v) is 2.62. The normalized spacial score (nSPS) is 11.8. The van der Waals surface area contributed by atoms with Crippen molar-refractivity contribution in [2.45, 2.75) is 5.03 Å². The maximum Gasteiger partial charge on any atom is 0.312 e. The zero-order chi connectivity index (χ0) is 10.2. The maximum atomic E-state index is 10.8. The summed E-state index contributed by atoms with van der Waals surface area (Å²) in [5.74, 6) is 0. The van der Waals surface area contributed by atoms with Gasteiger partial charge >= 0.3 is 10.1 Å². The minimum absolute atomic E-state index is 0.323. The van der Waals surface area contributed by atoms with Crippen molar-refractivity contribution in [1.29, 1.82) is 0 Å². The molecule has 5 heteroatoms.